The monoisotopic (exact) mass is 760 g/mol. The Bertz CT molecular complexity index is 1990. The van der Waals surface area contributed by atoms with Gasteiger partial charge in [-0.2, -0.15) is 8.42 Å². The number of ether oxygens (including phenoxy) is 1. The summed E-state index contributed by atoms with van der Waals surface area (Å²) in [7, 11) is -5.28. The number of primary amides is 1. The van der Waals surface area contributed by atoms with Crippen LogP contribution in [0.1, 0.15) is 28.0 Å². The lowest BCUT2D eigenvalue weighted by Gasteiger charge is -2.41. The van der Waals surface area contributed by atoms with Crippen molar-refractivity contribution in [1.29, 1.82) is 0 Å². The van der Waals surface area contributed by atoms with Gasteiger partial charge in [-0.25, -0.2) is 24.8 Å². The molecule has 17 nitrogen and oxygen atoms in total. The van der Waals surface area contributed by atoms with E-state index in [-0.39, 0.29) is 13.1 Å². The largest absolute Gasteiger partial charge is 0.504 e. The molecule has 4 atom stereocenters. The number of aromatic hydroxyl groups is 2. The zero-order valence-corrected chi connectivity index (χ0v) is 28.5. The number of carbonyl (C=O) groups is 5. The first-order chi connectivity index (χ1) is 24.1. The molecule has 3 aliphatic rings. The maximum atomic E-state index is 14.5. The zero-order chi connectivity index (χ0) is 36.8. The van der Waals surface area contributed by atoms with Gasteiger partial charge in [-0.3, -0.25) is 19.0 Å². The van der Waals surface area contributed by atoms with Crippen LogP contribution in [-0.2, 0) is 29.2 Å². The molecule has 3 saturated heterocycles. The molecule has 0 saturated carbocycles. The van der Waals surface area contributed by atoms with E-state index < -0.39 is 96.2 Å². The highest BCUT2D eigenvalue weighted by Gasteiger charge is 2.67. The van der Waals surface area contributed by atoms with Crippen LogP contribution >= 0.6 is 23.4 Å². The summed E-state index contributed by atoms with van der Waals surface area (Å²) in [5, 5.41) is 18.9. The average molecular weight is 761 g/mol. The van der Waals surface area contributed by atoms with E-state index in [0.29, 0.717) is 17.2 Å². The van der Waals surface area contributed by atoms with E-state index in [9.17, 15) is 47.2 Å². The first kappa shape index (κ1) is 35.6. The Morgan fingerprint density at radius 1 is 0.980 bits per heavy atom. The van der Waals surface area contributed by atoms with Crippen LogP contribution in [0.25, 0.3) is 0 Å². The van der Waals surface area contributed by atoms with Gasteiger partial charge in [-0.15, -0.1) is 0 Å². The molecular formula is C31H29ClN6O11S2. The number of thioether (sulfide) groups is 1. The number of carbonyl (C=O) groups excluding carboxylic acids is 5. The Morgan fingerprint density at radius 3 is 2.14 bits per heavy atom. The fraction of sp³-hybridized carbons (Fsp3) is 0.258. The van der Waals surface area contributed by atoms with Gasteiger partial charge in [0.15, 0.2) is 22.9 Å². The number of β-lactam (4-membered cyclic amide) rings is 1. The minimum absolute atomic E-state index is 0.0901. The molecular weight excluding hydrogens is 732 g/mol. The predicted molar refractivity (Wildman–Crippen MR) is 179 cm³/mol. The van der Waals surface area contributed by atoms with Crippen molar-refractivity contribution < 1.29 is 51.9 Å². The molecule has 3 fully saturated rings. The van der Waals surface area contributed by atoms with Crippen LogP contribution in [0.5, 0.6) is 11.5 Å². The summed E-state index contributed by atoms with van der Waals surface area (Å²) < 4.78 is 41.0. The maximum absolute atomic E-state index is 14.5. The molecule has 7 N–H and O–H groups in total. The van der Waals surface area contributed by atoms with Gasteiger partial charge in [0.25, 0.3) is 10.1 Å². The Morgan fingerprint density at radius 2 is 1.57 bits per heavy atom. The van der Waals surface area contributed by atoms with Crippen molar-refractivity contribution in [3.63, 3.8) is 0 Å². The molecule has 3 aromatic rings. The predicted octanol–water partition coefficient (Wildman–Crippen LogP) is 1.43. The number of nitrogens with two attached hydrogens (primary N) is 1. The van der Waals surface area contributed by atoms with E-state index in [0.717, 1.165) is 27.7 Å². The van der Waals surface area contributed by atoms with Crippen LogP contribution in [0.4, 0.5) is 9.59 Å². The average Bonchev–Trinajstić information content (AvgIpc) is 3.63. The standard InChI is InChI=1S/C31H29ClN6O11S2/c32-19-14-21(40)20(39)13-18(19)24(51(46,47)48)25(41)34-22-26(42)36-15-31(50-27(22)36,37-11-12-38(30(37)45)35-29(33)44)28(43)49-23(16-7-3-1-4-8-16)17-9-5-2-6-10-17/h1-10,13-14,22-24,27,39-40H,11-12,15H2,(H,34,41)(H3,33,35,44)(H,46,47,48)/t22-,24?,27-,31-/m1/s1. The van der Waals surface area contributed by atoms with Crippen LogP contribution in [0, 0.1) is 0 Å². The van der Waals surface area contributed by atoms with E-state index in [4.69, 9.17) is 22.1 Å². The number of nitrogens with one attached hydrogen (secondary N) is 2. The molecule has 51 heavy (non-hydrogen) atoms. The minimum Gasteiger partial charge on any atom is -0.504 e. The van der Waals surface area contributed by atoms with Crippen LogP contribution in [0.2, 0.25) is 5.02 Å². The lowest BCUT2D eigenvalue weighted by atomic mass is 10.0. The number of hydrogen-bond acceptors (Lipinski definition) is 11. The maximum Gasteiger partial charge on any atom is 0.345 e. The Balaban J connectivity index is 1.33. The second kappa shape index (κ2) is 13.5. The molecule has 0 bridgehead atoms. The smallest absolute Gasteiger partial charge is 0.345 e. The lowest BCUT2D eigenvalue weighted by molar-refractivity contribution is -0.157. The van der Waals surface area contributed by atoms with Gasteiger partial charge >= 0.3 is 18.0 Å². The van der Waals surface area contributed by atoms with Crippen molar-refractivity contribution in [3.8, 4) is 11.5 Å². The number of phenolic OH excluding ortho intramolecular Hbond substituents is 2. The van der Waals surface area contributed by atoms with Crippen molar-refractivity contribution in [1.82, 2.24) is 25.6 Å². The molecule has 3 aromatic carbocycles. The summed E-state index contributed by atoms with van der Waals surface area (Å²) in [6, 6.07) is 15.6. The van der Waals surface area contributed by atoms with Crippen LogP contribution in [0.3, 0.4) is 0 Å². The van der Waals surface area contributed by atoms with Gasteiger partial charge in [0.2, 0.25) is 16.7 Å². The van der Waals surface area contributed by atoms with Crippen LogP contribution < -0.4 is 16.5 Å². The number of benzene rings is 3. The normalized spacial score (nSPS) is 22.0. The minimum atomic E-state index is -5.28. The fourth-order valence-corrected chi connectivity index (χ4v) is 8.99. The molecule has 6 rings (SSSR count). The van der Waals surface area contributed by atoms with Crippen LogP contribution in [0.15, 0.2) is 72.8 Å². The van der Waals surface area contributed by atoms with Gasteiger partial charge in [-0.1, -0.05) is 84.0 Å². The number of amides is 6. The molecule has 0 spiro atoms. The highest BCUT2D eigenvalue weighted by molar-refractivity contribution is 8.02. The number of rotatable bonds is 10. The summed E-state index contributed by atoms with van der Waals surface area (Å²) in [5.41, 5.74) is 8.02. The van der Waals surface area contributed by atoms with E-state index in [1.54, 1.807) is 60.7 Å². The number of hydrazine groups is 1. The number of hydrogen-bond donors (Lipinski definition) is 6. The van der Waals surface area contributed by atoms with Gasteiger partial charge in [0, 0.05) is 23.2 Å². The Hall–Kier alpha value is -5.24. The van der Waals surface area contributed by atoms with Crippen LogP contribution in [-0.4, -0.2) is 104 Å². The zero-order valence-electron chi connectivity index (χ0n) is 26.1. The summed E-state index contributed by atoms with van der Waals surface area (Å²) in [6.45, 7) is -0.632. The molecule has 0 aromatic heterocycles. The van der Waals surface area contributed by atoms with E-state index in [1.807, 2.05) is 0 Å². The molecule has 0 radical (unpaired) electrons. The molecule has 6 amide bonds. The van der Waals surface area contributed by atoms with Crippen molar-refractivity contribution >= 4 is 63.3 Å². The number of nitrogens with zero attached hydrogens (tertiary/aromatic N) is 3. The molecule has 1 unspecified atom stereocenters. The lowest BCUT2D eigenvalue weighted by Crippen LogP contribution is -2.68. The highest BCUT2D eigenvalue weighted by Crippen LogP contribution is 2.51. The van der Waals surface area contributed by atoms with Crippen molar-refractivity contribution in [2.24, 2.45) is 5.73 Å². The summed E-state index contributed by atoms with van der Waals surface area (Å²) >= 11 is 6.83. The van der Waals surface area contributed by atoms with Crippen molar-refractivity contribution in [2.45, 2.75) is 27.6 Å². The quantitative estimate of drug-likeness (QED) is 0.0744. The SMILES string of the molecule is NC(=O)NN1CCN([C@]2(C(=O)OC(c3ccccc3)c3ccccc3)CN3C(=O)[C@@H](NC(=O)C(c4cc(O)c(O)cc4Cl)S(=O)(=O)O)[C@H]3S2)C1=O. The molecule has 0 aliphatic carbocycles. The van der Waals surface area contributed by atoms with Gasteiger partial charge < -0.3 is 30.9 Å². The fourth-order valence-electron chi connectivity index (χ4n) is 6.12. The number of esters is 1. The Labute approximate surface area is 299 Å². The number of halogens is 1. The van der Waals surface area contributed by atoms with Gasteiger partial charge in [0.1, 0.15) is 11.4 Å². The number of fused-ring (bicyclic) bond motifs is 1. The summed E-state index contributed by atoms with van der Waals surface area (Å²) in [6.07, 6.45) is -0.962. The van der Waals surface area contributed by atoms with Gasteiger partial charge in [-0.05, 0) is 17.2 Å². The third-order valence-corrected chi connectivity index (χ3v) is 11.6. The second-order valence-electron chi connectivity index (χ2n) is 11.7. The second-order valence-corrected chi connectivity index (χ2v) is 15.0. The summed E-state index contributed by atoms with van der Waals surface area (Å²) in [5.74, 6) is -4.67. The van der Waals surface area contributed by atoms with Gasteiger partial charge in [0.05, 0.1) is 13.1 Å². The third-order valence-electron chi connectivity index (χ3n) is 8.49. The Kier molecular flexibility index (Phi) is 9.40. The highest BCUT2D eigenvalue weighted by atomic mass is 35.5. The number of phenols is 2. The molecule has 20 heteroatoms. The topological polar surface area (TPSA) is 249 Å². The van der Waals surface area contributed by atoms with E-state index in [1.165, 1.54) is 4.90 Å². The molecule has 3 aliphatic heterocycles. The third kappa shape index (κ3) is 6.55. The van der Waals surface area contributed by atoms with E-state index >= 15 is 0 Å². The molecule has 268 valence electrons. The van der Waals surface area contributed by atoms with Crippen molar-refractivity contribution in [3.05, 3.63) is 94.5 Å². The molecule has 3 heterocycles. The first-order valence-corrected chi connectivity index (χ1v) is 17.8. The number of urea groups is 2. The van der Waals surface area contributed by atoms with E-state index in [2.05, 4.69) is 10.7 Å². The van der Waals surface area contributed by atoms with Crippen molar-refractivity contribution in [2.75, 3.05) is 19.6 Å². The first-order valence-electron chi connectivity index (χ1n) is 15.0. The summed E-state index contributed by atoms with van der Waals surface area (Å²) in [4.78, 5) is 67.0.